The fraction of sp³-hybridized carbons (Fsp3) is 0.778. The lowest BCUT2D eigenvalue weighted by Gasteiger charge is -2.32. The van der Waals surface area contributed by atoms with Gasteiger partial charge in [-0.1, -0.05) is 0 Å². The van der Waals surface area contributed by atoms with E-state index in [1.54, 1.807) is 0 Å². The highest BCUT2D eigenvalue weighted by Gasteiger charge is 2.54. The van der Waals surface area contributed by atoms with E-state index < -0.39 is 18.1 Å². The highest BCUT2D eigenvalue weighted by molar-refractivity contribution is 5.85. The van der Waals surface area contributed by atoms with E-state index in [9.17, 15) is 22.8 Å². The molecule has 0 aromatic rings. The van der Waals surface area contributed by atoms with E-state index in [1.165, 1.54) is 0 Å². The second-order valence-electron chi connectivity index (χ2n) is 4.06. The predicted molar refractivity (Wildman–Crippen MR) is 43.9 cm³/mol. The number of fused-ring (bicyclic) bond motifs is 2. The number of likely N-dealkylation sites (tertiary alicyclic amines) is 1. The summed E-state index contributed by atoms with van der Waals surface area (Å²) in [7, 11) is 0. The van der Waals surface area contributed by atoms with Gasteiger partial charge in [-0.05, 0) is 25.2 Å². The topological polar surface area (TPSA) is 37.4 Å². The number of nitrogens with zero attached hydrogens (tertiary/aromatic N) is 1. The molecule has 1 amide bonds. The van der Waals surface area contributed by atoms with Crippen LogP contribution in [0.2, 0.25) is 0 Å². The summed E-state index contributed by atoms with van der Waals surface area (Å²) >= 11 is 0. The average molecular weight is 221 g/mol. The lowest BCUT2D eigenvalue weighted by atomic mass is 10.00. The van der Waals surface area contributed by atoms with Crippen molar-refractivity contribution in [3.63, 3.8) is 0 Å². The molecular weight excluding hydrogens is 211 g/mol. The van der Waals surface area contributed by atoms with Gasteiger partial charge in [0.15, 0.2) is 0 Å². The molecule has 1 saturated carbocycles. The van der Waals surface area contributed by atoms with E-state index in [2.05, 4.69) is 0 Å². The molecule has 0 aromatic heterocycles. The summed E-state index contributed by atoms with van der Waals surface area (Å²) in [6.07, 6.45) is -2.54. The molecule has 3 atom stereocenters. The number of rotatable bonds is 1. The minimum absolute atomic E-state index is 0.0706. The number of hydrogen-bond acceptors (Lipinski definition) is 2. The zero-order chi connectivity index (χ0) is 11.2. The first-order chi connectivity index (χ1) is 6.95. The molecule has 2 fully saturated rings. The number of hydrogen-bond donors (Lipinski definition) is 0. The van der Waals surface area contributed by atoms with Crippen LogP contribution in [0.15, 0.2) is 0 Å². The molecule has 2 aliphatic rings. The Morgan fingerprint density at radius 2 is 2.00 bits per heavy atom. The van der Waals surface area contributed by atoms with Crippen molar-refractivity contribution in [1.29, 1.82) is 0 Å². The number of aldehydes is 1. The Bertz CT molecular complexity index is 302. The molecule has 2 bridgehead atoms. The van der Waals surface area contributed by atoms with Crippen LogP contribution in [0.25, 0.3) is 0 Å². The molecule has 1 aliphatic carbocycles. The van der Waals surface area contributed by atoms with E-state index in [4.69, 9.17) is 0 Å². The van der Waals surface area contributed by atoms with Crippen molar-refractivity contribution in [2.45, 2.75) is 37.5 Å². The van der Waals surface area contributed by atoms with Crippen molar-refractivity contribution in [1.82, 2.24) is 4.90 Å². The molecule has 0 spiro atoms. The van der Waals surface area contributed by atoms with Gasteiger partial charge in [-0.2, -0.15) is 13.2 Å². The standard InChI is InChI=1S/C9H10F3NO2/c10-9(11,12)8(15)13-6-2-1-5(3-6)7(13)4-14/h4-7H,1-3H2/t5-,6+,7-/m1/s1. The lowest BCUT2D eigenvalue weighted by Crippen LogP contribution is -2.51. The molecule has 0 N–H and O–H groups in total. The quantitative estimate of drug-likeness (QED) is 0.622. The number of halogens is 3. The highest BCUT2D eigenvalue weighted by atomic mass is 19.4. The first kappa shape index (κ1) is 10.4. The molecule has 1 aliphatic heterocycles. The summed E-state index contributed by atoms with van der Waals surface area (Å²) in [5.74, 6) is -1.94. The number of carbonyl (C=O) groups excluding carboxylic acids is 2. The number of alkyl halides is 3. The third kappa shape index (κ3) is 1.52. The molecule has 0 aromatic carbocycles. The minimum atomic E-state index is -4.87. The van der Waals surface area contributed by atoms with Crippen LogP contribution < -0.4 is 0 Å². The smallest absolute Gasteiger partial charge is 0.322 e. The van der Waals surface area contributed by atoms with Crippen molar-refractivity contribution in [3.05, 3.63) is 0 Å². The second-order valence-corrected chi connectivity index (χ2v) is 4.06. The Balaban J connectivity index is 2.22. The van der Waals surface area contributed by atoms with Crippen molar-refractivity contribution < 1.29 is 22.8 Å². The number of piperidine rings is 1. The minimum Gasteiger partial charge on any atom is -0.322 e. The monoisotopic (exact) mass is 221 g/mol. The summed E-state index contributed by atoms with van der Waals surface area (Å²) in [5.41, 5.74) is 0. The Morgan fingerprint density at radius 3 is 2.53 bits per heavy atom. The maximum Gasteiger partial charge on any atom is 0.471 e. The molecular formula is C9H10F3NO2. The van der Waals surface area contributed by atoms with Gasteiger partial charge in [-0.3, -0.25) is 4.79 Å². The zero-order valence-corrected chi connectivity index (χ0v) is 7.83. The van der Waals surface area contributed by atoms with Gasteiger partial charge in [-0.25, -0.2) is 0 Å². The van der Waals surface area contributed by atoms with E-state index in [0.717, 1.165) is 11.3 Å². The number of amides is 1. The SMILES string of the molecule is O=C[C@@H]1[C@@H]2CC[C@@H](C2)N1C(=O)C(F)(F)F. The average Bonchev–Trinajstić information content (AvgIpc) is 2.73. The third-order valence-electron chi connectivity index (χ3n) is 3.26. The summed E-state index contributed by atoms with van der Waals surface area (Å²) in [6, 6.07) is -1.25. The van der Waals surface area contributed by atoms with Crippen LogP contribution in [0.4, 0.5) is 13.2 Å². The largest absolute Gasteiger partial charge is 0.471 e. The molecule has 6 heteroatoms. The maximum absolute atomic E-state index is 12.2. The van der Waals surface area contributed by atoms with Crippen LogP contribution in [0.3, 0.4) is 0 Å². The molecule has 15 heavy (non-hydrogen) atoms. The molecule has 2 rings (SSSR count). The molecule has 1 heterocycles. The van der Waals surface area contributed by atoms with Gasteiger partial charge in [0.1, 0.15) is 6.29 Å². The first-order valence-electron chi connectivity index (χ1n) is 4.80. The van der Waals surface area contributed by atoms with Gasteiger partial charge in [0.05, 0.1) is 6.04 Å². The Morgan fingerprint density at radius 1 is 1.33 bits per heavy atom. The Kier molecular flexibility index (Phi) is 2.24. The molecule has 84 valence electrons. The fourth-order valence-corrected chi connectivity index (χ4v) is 2.65. The maximum atomic E-state index is 12.2. The van der Waals surface area contributed by atoms with Crippen LogP contribution in [-0.2, 0) is 9.59 Å². The normalized spacial score (nSPS) is 34.6. The van der Waals surface area contributed by atoms with E-state index in [-0.39, 0.29) is 12.0 Å². The third-order valence-corrected chi connectivity index (χ3v) is 3.26. The van der Waals surface area contributed by atoms with Crippen molar-refractivity contribution in [2.24, 2.45) is 5.92 Å². The van der Waals surface area contributed by atoms with E-state index >= 15 is 0 Å². The summed E-state index contributed by atoms with van der Waals surface area (Å²) < 4.78 is 36.7. The summed E-state index contributed by atoms with van der Waals surface area (Å²) in [4.78, 5) is 22.5. The predicted octanol–water partition coefficient (Wildman–Crippen LogP) is 1.13. The molecule has 1 saturated heterocycles. The molecule has 3 nitrogen and oxygen atoms in total. The van der Waals surface area contributed by atoms with Crippen molar-refractivity contribution in [3.8, 4) is 0 Å². The second kappa shape index (κ2) is 3.21. The zero-order valence-electron chi connectivity index (χ0n) is 7.83. The van der Waals surface area contributed by atoms with Crippen LogP contribution in [0, 0.1) is 5.92 Å². The van der Waals surface area contributed by atoms with Gasteiger partial charge in [-0.15, -0.1) is 0 Å². The van der Waals surface area contributed by atoms with E-state index in [1.807, 2.05) is 0 Å². The summed E-state index contributed by atoms with van der Waals surface area (Å²) in [6.45, 7) is 0. The van der Waals surface area contributed by atoms with Crippen molar-refractivity contribution in [2.75, 3.05) is 0 Å². The van der Waals surface area contributed by atoms with Gasteiger partial charge < -0.3 is 9.69 Å². The van der Waals surface area contributed by atoms with Crippen LogP contribution in [0.1, 0.15) is 19.3 Å². The van der Waals surface area contributed by atoms with Gasteiger partial charge in [0.2, 0.25) is 0 Å². The lowest BCUT2D eigenvalue weighted by molar-refractivity contribution is -0.189. The van der Waals surface area contributed by atoms with Crippen molar-refractivity contribution >= 4 is 12.2 Å². The van der Waals surface area contributed by atoms with Gasteiger partial charge in [0, 0.05) is 6.04 Å². The Labute approximate surface area is 84.2 Å². The van der Waals surface area contributed by atoms with Crippen LogP contribution in [-0.4, -0.2) is 35.4 Å². The summed E-state index contributed by atoms with van der Waals surface area (Å²) in [5, 5.41) is 0. The van der Waals surface area contributed by atoms with Gasteiger partial charge >= 0.3 is 12.1 Å². The van der Waals surface area contributed by atoms with Crippen LogP contribution >= 0.6 is 0 Å². The van der Waals surface area contributed by atoms with Crippen LogP contribution in [0.5, 0.6) is 0 Å². The van der Waals surface area contributed by atoms with Gasteiger partial charge in [0.25, 0.3) is 0 Å². The van der Waals surface area contributed by atoms with E-state index in [0.29, 0.717) is 19.1 Å². The first-order valence-corrected chi connectivity index (χ1v) is 4.80. The fourth-order valence-electron chi connectivity index (χ4n) is 2.65. The Hall–Kier alpha value is -1.07. The number of carbonyl (C=O) groups is 2. The molecule has 0 radical (unpaired) electrons. The molecule has 0 unspecified atom stereocenters. The highest BCUT2D eigenvalue weighted by Crippen LogP contribution is 2.43.